The lowest BCUT2D eigenvalue weighted by atomic mass is 9.98. The summed E-state index contributed by atoms with van der Waals surface area (Å²) in [6, 6.07) is 4.69. The van der Waals surface area contributed by atoms with E-state index >= 15 is 0 Å². The van der Waals surface area contributed by atoms with Crippen LogP contribution in [0.5, 0.6) is 0 Å². The van der Waals surface area contributed by atoms with Crippen molar-refractivity contribution in [2.24, 2.45) is 0 Å². The van der Waals surface area contributed by atoms with Crippen molar-refractivity contribution in [1.82, 2.24) is 9.55 Å². The molecule has 16 heavy (non-hydrogen) atoms. The Labute approximate surface area is 90.6 Å². The van der Waals surface area contributed by atoms with Crippen LogP contribution >= 0.6 is 0 Å². The molecule has 5 nitrogen and oxygen atoms in total. The Morgan fingerprint density at radius 1 is 1.44 bits per heavy atom. The van der Waals surface area contributed by atoms with Gasteiger partial charge in [-0.25, -0.2) is 0 Å². The molecule has 0 radical (unpaired) electrons. The SMILES string of the molecule is O=c1ccc2nccc3c2n1C[C@@]3(O)CO. The van der Waals surface area contributed by atoms with Gasteiger partial charge in [-0.2, -0.15) is 0 Å². The van der Waals surface area contributed by atoms with Gasteiger partial charge in [-0.3, -0.25) is 9.78 Å². The van der Waals surface area contributed by atoms with Crippen LogP contribution in [0.15, 0.2) is 29.2 Å². The zero-order valence-corrected chi connectivity index (χ0v) is 8.42. The van der Waals surface area contributed by atoms with Crippen molar-refractivity contribution < 1.29 is 10.2 Å². The van der Waals surface area contributed by atoms with Crippen LogP contribution in [0.1, 0.15) is 5.56 Å². The average Bonchev–Trinajstić information content (AvgIpc) is 2.61. The molecular formula is C11H10N2O3. The first-order valence-electron chi connectivity index (χ1n) is 4.98. The highest BCUT2D eigenvalue weighted by atomic mass is 16.3. The highest BCUT2D eigenvalue weighted by molar-refractivity contribution is 5.80. The van der Waals surface area contributed by atoms with Gasteiger partial charge in [0.25, 0.3) is 5.56 Å². The lowest BCUT2D eigenvalue weighted by molar-refractivity contribution is -0.0245. The number of hydrogen-bond donors (Lipinski definition) is 2. The fourth-order valence-electron chi connectivity index (χ4n) is 2.24. The van der Waals surface area contributed by atoms with E-state index in [2.05, 4.69) is 4.98 Å². The standard InChI is InChI=1S/C11H10N2O3/c14-6-11(16)5-13-9(15)2-1-8-10(13)7(11)3-4-12-8/h1-4,14,16H,5-6H2/t11-/m1/s1. The van der Waals surface area contributed by atoms with Crippen LogP contribution in [0.2, 0.25) is 0 Å². The maximum absolute atomic E-state index is 11.6. The number of aliphatic hydroxyl groups excluding tert-OH is 1. The quantitative estimate of drug-likeness (QED) is 0.682. The lowest BCUT2D eigenvalue weighted by Crippen LogP contribution is -2.32. The highest BCUT2D eigenvalue weighted by Crippen LogP contribution is 2.34. The molecule has 0 fully saturated rings. The Balaban J connectivity index is 2.48. The van der Waals surface area contributed by atoms with E-state index in [1.54, 1.807) is 18.3 Å². The Morgan fingerprint density at radius 3 is 3.00 bits per heavy atom. The molecule has 0 saturated carbocycles. The van der Waals surface area contributed by atoms with E-state index in [0.29, 0.717) is 16.6 Å². The van der Waals surface area contributed by atoms with E-state index in [9.17, 15) is 15.0 Å². The molecule has 0 unspecified atom stereocenters. The maximum atomic E-state index is 11.6. The van der Waals surface area contributed by atoms with Crippen LogP contribution < -0.4 is 5.56 Å². The van der Waals surface area contributed by atoms with Crippen molar-refractivity contribution in [3.05, 3.63) is 40.3 Å². The van der Waals surface area contributed by atoms with Gasteiger partial charge in [-0.1, -0.05) is 0 Å². The van der Waals surface area contributed by atoms with Crippen molar-refractivity contribution in [2.75, 3.05) is 6.61 Å². The summed E-state index contributed by atoms with van der Waals surface area (Å²) in [6.45, 7) is -0.325. The largest absolute Gasteiger partial charge is 0.393 e. The lowest BCUT2D eigenvalue weighted by Gasteiger charge is -2.19. The van der Waals surface area contributed by atoms with Gasteiger partial charge in [-0.15, -0.1) is 0 Å². The van der Waals surface area contributed by atoms with Gasteiger partial charge in [0.1, 0.15) is 5.60 Å². The first-order chi connectivity index (χ1) is 7.65. The molecular weight excluding hydrogens is 208 g/mol. The second kappa shape index (κ2) is 2.90. The van der Waals surface area contributed by atoms with Gasteiger partial charge in [0.15, 0.2) is 0 Å². The predicted molar refractivity (Wildman–Crippen MR) is 57.0 cm³/mol. The first kappa shape index (κ1) is 9.50. The van der Waals surface area contributed by atoms with E-state index in [0.717, 1.165) is 0 Å². The molecule has 1 aliphatic rings. The van der Waals surface area contributed by atoms with Crippen LogP contribution in [0.25, 0.3) is 11.0 Å². The van der Waals surface area contributed by atoms with Gasteiger partial charge < -0.3 is 14.8 Å². The summed E-state index contributed by atoms with van der Waals surface area (Å²) in [5, 5.41) is 19.5. The molecule has 3 rings (SSSR count). The topological polar surface area (TPSA) is 75.4 Å². The van der Waals surface area contributed by atoms with Crippen LogP contribution in [-0.2, 0) is 12.1 Å². The fraction of sp³-hybridized carbons (Fsp3) is 0.273. The molecule has 82 valence electrons. The van der Waals surface area contributed by atoms with Crippen LogP contribution in [0.4, 0.5) is 0 Å². The van der Waals surface area contributed by atoms with E-state index in [1.165, 1.54) is 10.6 Å². The fourth-order valence-corrected chi connectivity index (χ4v) is 2.24. The summed E-state index contributed by atoms with van der Waals surface area (Å²) in [5.41, 5.74) is 0.283. The maximum Gasteiger partial charge on any atom is 0.251 e. The molecule has 2 N–H and O–H groups in total. The molecule has 0 aliphatic carbocycles. The van der Waals surface area contributed by atoms with E-state index in [-0.39, 0.29) is 12.1 Å². The molecule has 0 spiro atoms. The first-order valence-corrected chi connectivity index (χ1v) is 4.98. The molecule has 3 heterocycles. The minimum atomic E-state index is -1.37. The van der Waals surface area contributed by atoms with E-state index in [4.69, 9.17) is 0 Å². The van der Waals surface area contributed by atoms with Crippen LogP contribution in [0, 0.1) is 0 Å². The third-order valence-corrected chi connectivity index (χ3v) is 3.05. The third-order valence-electron chi connectivity index (χ3n) is 3.05. The van der Waals surface area contributed by atoms with Gasteiger partial charge in [-0.05, 0) is 12.1 Å². The molecule has 0 bridgehead atoms. The van der Waals surface area contributed by atoms with Crippen LogP contribution in [-0.4, -0.2) is 26.4 Å². The van der Waals surface area contributed by atoms with E-state index < -0.39 is 12.2 Å². The Morgan fingerprint density at radius 2 is 2.25 bits per heavy atom. The normalized spacial score (nSPS) is 22.9. The summed E-state index contributed by atoms with van der Waals surface area (Å²) < 4.78 is 1.45. The molecule has 1 atom stereocenters. The zero-order chi connectivity index (χ0) is 11.3. The zero-order valence-electron chi connectivity index (χ0n) is 8.42. The average molecular weight is 218 g/mol. The molecule has 0 aromatic carbocycles. The summed E-state index contributed by atoms with van der Waals surface area (Å²) >= 11 is 0. The van der Waals surface area contributed by atoms with Gasteiger partial charge in [0.2, 0.25) is 0 Å². The molecule has 1 aliphatic heterocycles. The smallest absolute Gasteiger partial charge is 0.251 e. The molecule has 5 heteroatoms. The van der Waals surface area contributed by atoms with Crippen molar-refractivity contribution in [3.63, 3.8) is 0 Å². The number of aromatic nitrogens is 2. The van der Waals surface area contributed by atoms with Crippen molar-refractivity contribution in [3.8, 4) is 0 Å². The third kappa shape index (κ3) is 1.01. The van der Waals surface area contributed by atoms with E-state index in [1.807, 2.05) is 0 Å². The van der Waals surface area contributed by atoms with Gasteiger partial charge in [0, 0.05) is 17.8 Å². The molecule has 0 amide bonds. The Hall–Kier alpha value is -1.72. The Bertz CT molecular complexity index is 635. The number of hydrogen-bond acceptors (Lipinski definition) is 4. The number of rotatable bonds is 1. The number of nitrogens with zero attached hydrogens (tertiary/aromatic N) is 2. The minimum absolute atomic E-state index is 0.0840. The molecule has 0 saturated heterocycles. The summed E-state index contributed by atoms with van der Waals surface area (Å²) in [4.78, 5) is 15.8. The summed E-state index contributed by atoms with van der Waals surface area (Å²) in [7, 11) is 0. The summed E-state index contributed by atoms with van der Waals surface area (Å²) in [5.74, 6) is 0. The number of pyridine rings is 2. The van der Waals surface area contributed by atoms with Crippen molar-refractivity contribution in [1.29, 1.82) is 0 Å². The van der Waals surface area contributed by atoms with Crippen LogP contribution in [0.3, 0.4) is 0 Å². The molecule has 2 aromatic heterocycles. The second-order valence-electron chi connectivity index (χ2n) is 4.04. The highest BCUT2D eigenvalue weighted by Gasteiger charge is 2.38. The minimum Gasteiger partial charge on any atom is -0.393 e. The van der Waals surface area contributed by atoms with Crippen molar-refractivity contribution >= 4 is 11.0 Å². The summed E-state index contributed by atoms with van der Waals surface area (Å²) in [6.07, 6.45) is 1.57. The van der Waals surface area contributed by atoms with Crippen molar-refractivity contribution in [2.45, 2.75) is 12.1 Å². The Kier molecular flexibility index (Phi) is 1.72. The van der Waals surface area contributed by atoms with Gasteiger partial charge in [0.05, 0.1) is 24.2 Å². The van der Waals surface area contributed by atoms with Gasteiger partial charge >= 0.3 is 0 Å². The predicted octanol–water partition coefficient (Wildman–Crippen LogP) is -0.410. The number of aliphatic hydroxyl groups is 2. The molecule has 2 aromatic rings. The second-order valence-corrected chi connectivity index (χ2v) is 4.04. The monoisotopic (exact) mass is 218 g/mol.